The van der Waals surface area contributed by atoms with E-state index in [-0.39, 0.29) is 17.8 Å². The van der Waals surface area contributed by atoms with Gasteiger partial charge < -0.3 is 10.1 Å². The average Bonchev–Trinajstić information content (AvgIpc) is 2.98. The van der Waals surface area contributed by atoms with Crippen molar-refractivity contribution < 1.29 is 13.9 Å². The lowest BCUT2D eigenvalue weighted by Crippen LogP contribution is -2.41. The number of hydrogen-bond donors (Lipinski definition) is 1. The Hall–Kier alpha value is -2.21. The third-order valence-electron chi connectivity index (χ3n) is 3.47. The number of imidazole rings is 1. The van der Waals surface area contributed by atoms with Gasteiger partial charge in [0.1, 0.15) is 11.5 Å². The molecule has 0 radical (unpaired) electrons. The Balaban J connectivity index is 1.78. The van der Waals surface area contributed by atoms with Crippen LogP contribution in [-0.2, 0) is 4.74 Å². The van der Waals surface area contributed by atoms with Gasteiger partial charge in [0.15, 0.2) is 0 Å². The molecule has 1 amide bonds. The fraction of sp³-hybridized carbons (Fsp3) is 0.333. The zero-order chi connectivity index (χ0) is 14.7. The number of carbonyl (C=O) groups is 1. The Morgan fingerprint density at radius 3 is 2.90 bits per heavy atom. The highest BCUT2D eigenvalue weighted by molar-refractivity contribution is 5.93. The quantitative estimate of drug-likeness (QED) is 0.939. The van der Waals surface area contributed by atoms with Gasteiger partial charge in [-0.2, -0.15) is 0 Å². The maximum absolute atomic E-state index is 13.0. The van der Waals surface area contributed by atoms with Crippen LogP contribution < -0.4 is 5.32 Å². The van der Waals surface area contributed by atoms with Gasteiger partial charge in [-0.25, -0.2) is 9.37 Å². The van der Waals surface area contributed by atoms with Gasteiger partial charge in [-0.3, -0.25) is 9.36 Å². The summed E-state index contributed by atoms with van der Waals surface area (Å²) in [6.07, 6.45) is 4.90. The summed E-state index contributed by atoms with van der Waals surface area (Å²) >= 11 is 0. The van der Waals surface area contributed by atoms with Crippen LogP contribution in [0.4, 0.5) is 4.39 Å². The number of aromatic nitrogens is 2. The van der Waals surface area contributed by atoms with E-state index in [0.717, 1.165) is 19.4 Å². The van der Waals surface area contributed by atoms with Crippen LogP contribution in [0.15, 0.2) is 36.8 Å². The number of benzene rings is 1. The van der Waals surface area contributed by atoms with Crippen molar-refractivity contribution >= 4 is 5.91 Å². The van der Waals surface area contributed by atoms with Gasteiger partial charge in [-0.05, 0) is 37.1 Å². The summed E-state index contributed by atoms with van der Waals surface area (Å²) in [5.74, 6) is -0.517. The molecule has 0 unspecified atom stereocenters. The van der Waals surface area contributed by atoms with Crippen molar-refractivity contribution in [3.8, 4) is 5.69 Å². The number of rotatable bonds is 3. The SMILES string of the molecule is O=C(N[C@@H]1CCCOC1)c1cncn1-c1ccc(F)cc1. The third-order valence-corrected chi connectivity index (χ3v) is 3.47. The van der Waals surface area contributed by atoms with Crippen molar-refractivity contribution in [2.24, 2.45) is 0 Å². The number of halogens is 1. The molecule has 2 aromatic rings. The highest BCUT2D eigenvalue weighted by Gasteiger charge is 2.19. The normalized spacial score (nSPS) is 18.4. The van der Waals surface area contributed by atoms with Crippen LogP contribution in [-0.4, -0.2) is 34.7 Å². The highest BCUT2D eigenvalue weighted by Crippen LogP contribution is 2.13. The van der Waals surface area contributed by atoms with Crippen LogP contribution in [0, 0.1) is 5.82 Å². The van der Waals surface area contributed by atoms with Crippen molar-refractivity contribution in [3.63, 3.8) is 0 Å². The predicted octanol–water partition coefficient (Wildman–Crippen LogP) is 1.92. The zero-order valence-corrected chi connectivity index (χ0v) is 11.5. The van der Waals surface area contributed by atoms with E-state index >= 15 is 0 Å². The molecule has 1 atom stereocenters. The van der Waals surface area contributed by atoms with Crippen molar-refractivity contribution in [2.45, 2.75) is 18.9 Å². The van der Waals surface area contributed by atoms with Crippen LogP contribution >= 0.6 is 0 Å². The van der Waals surface area contributed by atoms with Gasteiger partial charge >= 0.3 is 0 Å². The van der Waals surface area contributed by atoms with E-state index in [4.69, 9.17) is 4.74 Å². The molecule has 21 heavy (non-hydrogen) atoms. The first-order chi connectivity index (χ1) is 10.2. The summed E-state index contributed by atoms with van der Waals surface area (Å²) in [5, 5.41) is 2.94. The van der Waals surface area contributed by atoms with E-state index < -0.39 is 0 Å². The largest absolute Gasteiger partial charge is 0.379 e. The molecular formula is C15H16FN3O2. The van der Waals surface area contributed by atoms with Gasteiger partial charge in [-0.1, -0.05) is 0 Å². The Bertz CT molecular complexity index is 618. The minimum atomic E-state index is -0.316. The summed E-state index contributed by atoms with van der Waals surface area (Å²) in [4.78, 5) is 16.3. The molecule has 110 valence electrons. The lowest BCUT2D eigenvalue weighted by Gasteiger charge is -2.23. The number of nitrogens with one attached hydrogen (secondary N) is 1. The van der Waals surface area contributed by atoms with Gasteiger partial charge in [0.05, 0.1) is 25.2 Å². The molecule has 2 heterocycles. The minimum absolute atomic E-state index is 0.0304. The number of carbonyl (C=O) groups excluding carboxylic acids is 1. The number of hydrogen-bond acceptors (Lipinski definition) is 3. The van der Waals surface area contributed by atoms with Crippen LogP contribution in [0.2, 0.25) is 0 Å². The van der Waals surface area contributed by atoms with E-state index in [1.807, 2.05) is 0 Å². The zero-order valence-electron chi connectivity index (χ0n) is 11.5. The molecular weight excluding hydrogens is 273 g/mol. The molecule has 1 aliphatic heterocycles. The Morgan fingerprint density at radius 2 is 2.19 bits per heavy atom. The second kappa shape index (κ2) is 6.05. The fourth-order valence-electron chi connectivity index (χ4n) is 2.38. The van der Waals surface area contributed by atoms with E-state index in [9.17, 15) is 9.18 Å². The Morgan fingerprint density at radius 1 is 1.38 bits per heavy atom. The second-order valence-electron chi connectivity index (χ2n) is 5.01. The van der Waals surface area contributed by atoms with Crippen LogP contribution in [0.3, 0.4) is 0 Å². The van der Waals surface area contributed by atoms with Crippen molar-refractivity contribution in [1.82, 2.24) is 14.9 Å². The summed E-state index contributed by atoms with van der Waals surface area (Å²) in [7, 11) is 0. The molecule has 0 spiro atoms. The first kappa shape index (κ1) is 13.8. The maximum Gasteiger partial charge on any atom is 0.270 e. The van der Waals surface area contributed by atoms with E-state index in [0.29, 0.717) is 18.0 Å². The summed E-state index contributed by atoms with van der Waals surface area (Å²) in [5.41, 5.74) is 1.12. The molecule has 1 aromatic carbocycles. The monoisotopic (exact) mass is 289 g/mol. The Labute approximate surface area is 121 Å². The predicted molar refractivity (Wildman–Crippen MR) is 74.8 cm³/mol. The molecule has 1 fully saturated rings. The lowest BCUT2D eigenvalue weighted by molar-refractivity contribution is 0.0621. The van der Waals surface area contributed by atoms with Crippen LogP contribution in [0.5, 0.6) is 0 Å². The fourth-order valence-corrected chi connectivity index (χ4v) is 2.38. The molecule has 0 saturated carbocycles. The molecule has 1 N–H and O–H groups in total. The molecule has 3 rings (SSSR count). The second-order valence-corrected chi connectivity index (χ2v) is 5.01. The molecule has 0 aliphatic carbocycles. The molecule has 6 heteroatoms. The lowest BCUT2D eigenvalue weighted by atomic mass is 10.1. The van der Waals surface area contributed by atoms with Gasteiger partial charge in [0, 0.05) is 12.3 Å². The van der Waals surface area contributed by atoms with Gasteiger partial charge in [0.2, 0.25) is 0 Å². The highest BCUT2D eigenvalue weighted by atomic mass is 19.1. The topological polar surface area (TPSA) is 56.1 Å². The molecule has 1 aromatic heterocycles. The van der Waals surface area contributed by atoms with Crippen molar-refractivity contribution in [3.05, 3.63) is 48.3 Å². The average molecular weight is 289 g/mol. The van der Waals surface area contributed by atoms with Crippen LogP contribution in [0.1, 0.15) is 23.3 Å². The van der Waals surface area contributed by atoms with Crippen molar-refractivity contribution in [2.75, 3.05) is 13.2 Å². The van der Waals surface area contributed by atoms with E-state index in [2.05, 4.69) is 10.3 Å². The summed E-state index contributed by atoms with van der Waals surface area (Å²) < 4.78 is 20.0. The first-order valence-corrected chi connectivity index (χ1v) is 6.91. The molecule has 5 nitrogen and oxygen atoms in total. The van der Waals surface area contributed by atoms with E-state index in [1.165, 1.54) is 18.3 Å². The number of ether oxygens (including phenoxy) is 1. The number of amides is 1. The summed E-state index contributed by atoms with van der Waals surface area (Å²) in [6, 6.07) is 5.95. The van der Waals surface area contributed by atoms with Gasteiger partial charge in [0.25, 0.3) is 5.91 Å². The van der Waals surface area contributed by atoms with Crippen molar-refractivity contribution in [1.29, 1.82) is 0 Å². The van der Waals surface area contributed by atoms with Gasteiger partial charge in [-0.15, -0.1) is 0 Å². The maximum atomic E-state index is 13.0. The standard InChI is InChI=1S/C15H16FN3O2/c16-11-3-5-13(6-4-11)19-10-17-8-14(19)15(20)18-12-2-1-7-21-9-12/h3-6,8,10,12H,1-2,7,9H2,(H,18,20)/t12-/m1/s1. The molecule has 0 bridgehead atoms. The number of nitrogens with zero attached hydrogens (tertiary/aromatic N) is 2. The van der Waals surface area contributed by atoms with Crippen LogP contribution in [0.25, 0.3) is 5.69 Å². The third kappa shape index (κ3) is 3.11. The van der Waals surface area contributed by atoms with E-state index in [1.54, 1.807) is 23.0 Å². The molecule has 1 aliphatic rings. The first-order valence-electron chi connectivity index (χ1n) is 6.91. The molecule has 1 saturated heterocycles. The minimum Gasteiger partial charge on any atom is -0.379 e. The smallest absolute Gasteiger partial charge is 0.270 e. The summed E-state index contributed by atoms with van der Waals surface area (Å²) in [6.45, 7) is 1.29. The Kier molecular flexibility index (Phi) is 3.96.